The van der Waals surface area contributed by atoms with Gasteiger partial charge < -0.3 is 20.3 Å². The molecule has 1 saturated heterocycles. The SMILES string of the molecule is CC(NC(=O)c1cccc(O)c1O)C1CCOCC1. The third kappa shape index (κ3) is 3.17. The third-order valence-corrected chi connectivity index (χ3v) is 3.59. The first-order valence-corrected chi connectivity index (χ1v) is 6.49. The smallest absolute Gasteiger partial charge is 0.255 e. The zero-order valence-corrected chi connectivity index (χ0v) is 10.9. The molecular weight excluding hydrogens is 246 g/mol. The fraction of sp³-hybridized carbons (Fsp3) is 0.500. The summed E-state index contributed by atoms with van der Waals surface area (Å²) in [7, 11) is 0. The Morgan fingerprint density at radius 2 is 2.05 bits per heavy atom. The molecule has 5 nitrogen and oxygen atoms in total. The normalized spacial score (nSPS) is 17.9. The number of hydrogen-bond donors (Lipinski definition) is 3. The summed E-state index contributed by atoms with van der Waals surface area (Å²) in [5.74, 6) is -0.643. The molecule has 19 heavy (non-hydrogen) atoms. The summed E-state index contributed by atoms with van der Waals surface area (Å²) >= 11 is 0. The van der Waals surface area contributed by atoms with Gasteiger partial charge in [0.2, 0.25) is 0 Å². The Balaban J connectivity index is 2.02. The van der Waals surface area contributed by atoms with Gasteiger partial charge in [0.1, 0.15) is 0 Å². The molecular formula is C14H19NO4. The van der Waals surface area contributed by atoms with Crippen molar-refractivity contribution >= 4 is 5.91 Å². The number of para-hydroxylation sites is 1. The van der Waals surface area contributed by atoms with Crippen LogP contribution in [0.4, 0.5) is 0 Å². The average Bonchev–Trinajstić information content (AvgIpc) is 2.42. The summed E-state index contributed by atoms with van der Waals surface area (Å²) in [5.41, 5.74) is 0.0962. The van der Waals surface area contributed by atoms with Crippen LogP contribution in [0.25, 0.3) is 0 Å². The number of nitrogens with one attached hydrogen (secondary N) is 1. The topological polar surface area (TPSA) is 78.8 Å². The standard InChI is InChI=1S/C14H19NO4/c1-9(10-5-7-19-8-6-10)15-14(18)11-3-2-4-12(16)13(11)17/h2-4,9-10,16-17H,5-8H2,1H3,(H,15,18). The molecule has 5 heteroatoms. The Bertz CT molecular complexity index is 455. The van der Waals surface area contributed by atoms with Gasteiger partial charge in [0.25, 0.3) is 5.91 Å². The highest BCUT2D eigenvalue weighted by atomic mass is 16.5. The van der Waals surface area contributed by atoms with Crippen LogP contribution in [0.1, 0.15) is 30.1 Å². The third-order valence-electron chi connectivity index (χ3n) is 3.59. The number of rotatable bonds is 3. The lowest BCUT2D eigenvalue weighted by Gasteiger charge is -2.28. The molecule has 1 atom stereocenters. The molecule has 1 aromatic carbocycles. The van der Waals surface area contributed by atoms with Crippen LogP contribution in [-0.4, -0.2) is 35.4 Å². The van der Waals surface area contributed by atoms with Crippen molar-refractivity contribution in [2.75, 3.05) is 13.2 Å². The first-order valence-electron chi connectivity index (χ1n) is 6.49. The average molecular weight is 265 g/mol. The van der Waals surface area contributed by atoms with Gasteiger partial charge in [-0.1, -0.05) is 6.07 Å². The highest BCUT2D eigenvalue weighted by molar-refractivity contribution is 5.97. The minimum absolute atomic E-state index is 0.0122. The molecule has 1 aliphatic rings. The summed E-state index contributed by atoms with van der Waals surface area (Å²) in [6.07, 6.45) is 1.85. The Morgan fingerprint density at radius 1 is 1.37 bits per heavy atom. The van der Waals surface area contributed by atoms with Crippen LogP contribution in [0.3, 0.4) is 0 Å². The fourth-order valence-electron chi connectivity index (χ4n) is 2.33. The van der Waals surface area contributed by atoms with E-state index in [0.717, 1.165) is 26.1 Å². The van der Waals surface area contributed by atoms with Crippen LogP contribution in [0.2, 0.25) is 0 Å². The highest BCUT2D eigenvalue weighted by Gasteiger charge is 2.23. The van der Waals surface area contributed by atoms with Crippen LogP contribution in [0.5, 0.6) is 11.5 Å². The van der Waals surface area contributed by atoms with Crippen molar-refractivity contribution in [3.63, 3.8) is 0 Å². The quantitative estimate of drug-likeness (QED) is 0.726. The fourth-order valence-corrected chi connectivity index (χ4v) is 2.33. The molecule has 0 aromatic heterocycles. The number of amides is 1. The number of hydrogen-bond acceptors (Lipinski definition) is 4. The first kappa shape index (κ1) is 13.7. The second kappa shape index (κ2) is 5.93. The van der Waals surface area contributed by atoms with Crippen molar-refractivity contribution in [3.8, 4) is 11.5 Å². The van der Waals surface area contributed by atoms with Gasteiger partial charge >= 0.3 is 0 Å². The molecule has 1 amide bonds. The van der Waals surface area contributed by atoms with Gasteiger partial charge in [-0.05, 0) is 37.8 Å². The number of benzene rings is 1. The highest BCUT2D eigenvalue weighted by Crippen LogP contribution is 2.28. The second-order valence-corrected chi connectivity index (χ2v) is 4.89. The molecule has 0 saturated carbocycles. The van der Waals surface area contributed by atoms with E-state index in [1.165, 1.54) is 18.2 Å². The maximum absolute atomic E-state index is 12.1. The van der Waals surface area contributed by atoms with Crippen molar-refractivity contribution in [1.29, 1.82) is 0 Å². The monoisotopic (exact) mass is 265 g/mol. The Labute approximate surface area is 112 Å². The van der Waals surface area contributed by atoms with E-state index in [1.807, 2.05) is 6.92 Å². The number of carbonyl (C=O) groups is 1. The molecule has 1 heterocycles. The lowest BCUT2D eigenvalue weighted by Crippen LogP contribution is -2.40. The zero-order valence-electron chi connectivity index (χ0n) is 10.9. The largest absolute Gasteiger partial charge is 0.504 e. The molecule has 1 aliphatic heterocycles. The molecule has 0 radical (unpaired) electrons. The molecule has 0 bridgehead atoms. The van der Waals surface area contributed by atoms with Crippen molar-refractivity contribution < 1.29 is 19.7 Å². The van der Waals surface area contributed by atoms with Crippen molar-refractivity contribution in [2.24, 2.45) is 5.92 Å². The molecule has 1 aromatic rings. The minimum atomic E-state index is -0.376. The van der Waals surface area contributed by atoms with E-state index in [-0.39, 0.29) is 29.0 Å². The maximum atomic E-state index is 12.1. The predicted octanol–water partition coefficient (Wildman–Crippen LogP) is 1.64. The van der Waals surface area contributed by atoms with Gasteiger partial charge in [-0.15, -0.1) is 0 Å². The minimum Gasteiger partial charge on any atom is -0.504 e. The van der Waals surface area contributed by atoms with Gasteiger partial charge in [0.15, 0.2) is 11.5 Å². The molecule has 0 spiro atoms. The van der Waals surface area contributed by atoms with Crippen molar-refractivity contribution in [3.05, 3.63) is 23.8 Å². The van der Waals surface area contributed by atoms with E-state index < -0.39 is 0 Å². The predicted molar refractivity (Wildman–Crippen MR) is 70.2 cm³/mol. The summed E-state index contributed by atoms with van der Waals surface area (Å²) < 4.78 is 5.29. The number of aromatic hydroxyl groups is 2. The Hall–Kier alpha value is -1.75. The second-order valence-electron chi connectivity index (χ2n) is 4.89. The van der Waals surface area contributed by atoms with Crippen LogP contribution in [-0.2, 0) is 4.74 Å². The van der Waals surface area contributed by atoms with E-state index in [4.69, 9.17) is 4.74 Å². The van der Waals surface area contributed by atoms with Gasteiger partial charge in [-0.2, -0.15) is 0 Å². The Morgan fingerprint density at radius 3 is 2.74 bits per heavy atom. The van der Waals surface area contributed by atoms with Gasteiger partial charge in [0.05, 0.1) is 5.56 Å². The molecule has 104 valence electrons. The molecule has 0 aliphatic carbocycles. The van der Waals surface area contributed by atoms with Crippen LogP contribution >= 0.6 is 0 Å². The number of carbonyl (C=O) groups excluding carboxylic acids is 1. The molecule has 2 rings (SSSR count). The van der Waals surface area contributed by atoms with Crippen LogP contribution in [0, 0.1) is 5.92 Å². The molecule has 3 N–H and O–H groups in total. The van der Waals surface area contributed by atoms with Gasteiger partial charge in [0, 0.05) is 19.3 Å². The van der Waals surface area contributed by atoms with Crippen LogP contribution in [0.15, 0.2) is 18.2 Å². The number of ether oxygens (including phenoxy) is 1. The van der Waals surface area contributed by atoms with E-state index >= 15 is 0 Å². The molecule has 1 fully saturated rings. The van der Waals surface area contributed by atoms with Crippen LogP contribution < -0.4 is 5.32 Å². The van der Waals surface area contributed by atoms with E-state index in [2.05, 4.69) is 5.32 Å². The van der Waals surface area contributed by atoms with E-state index in [9.17, 15) is 15.0 Å². The van der Waals surface area contributed by atoms with Crippen molar-refractivity contribution in [1.82, 2.24) is 5.32 Å². The van der Waals surface area contributed by atoms with Gasteiger partial charge in [-0.25, -0.2) is 0 Å². The molecule has 1 unspecified atom stereocenters. The van der Waals surface area contributed by atoms with Gasteiger partial charge in [-0.3, -0.25) is 4.79 Å². The summed E-state index contributed by atoms with van der Waals surface area (Å²) in [4.78, 5) is 12.1. The maximum Gasteiger partial charge on any atom is 0.255 e. The lowest BCUT2D eigenvalue weighted by molar-refractivity contribution is 0.0538. The number of phenolic OH excluding ortho intramolecular Hbond substituents is 2. The number of phenols is 2. The Kier molecular flexibility index (Phi) is 4.27. The lowest BCUT2D eigenvalue weighted by atomic mass is 9.92. The summed E-state index contributed by atoms with van der Waals surface area (Å²) in [5, 5.41) is 21.9. The zero-order chi connectivity index (χ0) is 13.8. The van der Waals surface area contributed by atoms with Crippen molar-refractivity contribution in [2.45, 2.75) is 25.8 Å². The van der Waals surface area contributed by atoms with E-state index in [0.29, 0.717) is 5.92 Å². The first-order chi connectivity index (χ1) is 9.09. The summed E-state index contributed by atoms with van der Waals surface area (Å²) in [6, 6.07) is 4.37. The summed E-state index contributed by atoms with van der Waals surface area (Å²) in [6.45, 7) is 3.40. The van der Waals surface area contributed by atoms with E-state index in [1.54, 1.807) is 0 Å².